The van der Waals surface area contributed by atoms with Gasteiger partial charge in [-0.25, -0.2) is 10.1 Å². The summed E-state index contributed by atoms with van der Waals surface area (Å²) in [4.78, 5) is 22.2. The van der Waals surface area contributed by atoms with Crippen LogP contribution in [0.3, 0.4) is 0 Å². The fourth-order valence-corrected chi connectivity index (χ4v) is 2.82. The minimum absolute atomic E-state index is 0.00957. The molecule has 0 saturated heterocycles. The largest absolute Gasteiger partial charge is 0.369 e. The van der Waals surface area contributed by atoms with E-state index in [4.69, 9.17) is 10.9 Å². The smallest absolute Gasteiger partial charge is 0.333 e. The number of allylic oxidation sites excluding steroid dienone is 1. The summed E-state index contributed by atoms with van der Waals surface area (Å²) in [5, 5.41) is 4.80. The van der Waals surface area contributed by atoms with Crippen molar-refractivity contribution < 1.29 is 12.6 Å². The van der Waals surface area contributed by atoms with Crippen LogP contribution in [0.4, 0.5) is 5.95 Å². The first-order chi connectivity index (χ1) is 10.3. The van der Waals surface area contributed by atoms with Gasteiger partial charge in [0.05, 0.1) is 19.0 Å². The Kier molecular flexibility index (Phi) is 3.47. The minimum atomic E-state index is -3.96. The van der Waals surface area contributed by atoms with Gasteiger partial charge in [0.2, 0.25) is 5.95 Å². The van der Waals surface area contributed by atoms with Crippen molar-refractivity contribution in [2.75, 3.05) is 12.3 Å². The Hall–Kier alpha value is -2.24. The average Bonchev–Trinajstić information content (AvgIpc) is 3.01. The predicted molar refractivity (Wildman–Crippen MR) is 77.9 cm³/mol. The molecule has 0 spiro atoms. The average molecular weight is 326 g/mol. The van der Waals surface area contributed by atoms with Crippen molar-refractivity contribution in [1.29, 1.82) is 0 Å². The maximum absolute atomic E-state index is 11.7. The number of nitrogens with zero attached hydrogens (tertiary/aromatic N) is 3. The first-order valence-electron chi connectivity index (χ1n) is 6.41. The van der Waals surface area contributed by atoms with Crippen LogP contribution in [0.5, 0.6) is 0 Å². The molecular formula is C11H14N6O4S. The number of rotatable bonds is 4. The Labute approximate surface area is 125 Å². The van der Waals surface area contributed by atoms with Crippen LogP contribution in [0, 0.1) is 5.92 Å². The van der Waals surface area contributed by atoms with Gasteiger partial charge in [0.15, 0.2) is 11.2 Å². The zero-order valence-corrected chi connectivity index (χ0v) is 12.2. The summed E-state index contributed by atoms with van der Waals surface area (Å²) in [6.45, 7) is -0.0331. The highest BCUT2D eigenvalue weighted by Crippen LogP contribution is 2.29. The van der Waals surface area contributed by atoms with Crippen LogP contribution < -0.4 is 16.4 Å². The molecule has 22 heavy (non-hydrogen) atoms. The number of aromatic amines is 1. The van der Waals surface area contributed by atoms with E-state index in [0.29, 0.717) is 12.1 Å². The van der Waals surface area contributed by atoms with E-state index in [1.54, 1.807) is 4.57 Å². The number of hydrogen-bond acceptors (Lipinski definition) is 7. The predicted octanol–water partition coefficient (Wildman–Crippen LogP) is -0.961. The maximum atomic E-state index is 11.7. The van der Waals surface area contributed by atoms with Gasteiger partial charge >= 0.3 is 10.3 Å². The standard InChI is InChI=1S/C11H14N6O4S/c12-11-15-9-8(10(18)16-11)14-5-17(9)7-2-1-6(3-7)4-21-22(13,19)20/h1-2,5-7H,3-4H2,(H2,13,19,20)(H3,12,15,16,18)/t6-,7+/m1/s1. The second-order valence-electron chi connectivity index (χ2n) is 5.00. The quantitative estimate of drug-likeness (QED) is 0.610. The Morgan fingerprint density at radius 3 is 2.95 bits per heavy atom. The molecule has 5 N–H and O–H groups in total. The summed E-state index contributed by atoms with van der Waals surface area (Å²) in [5.41, 5.74) is 5.72. The molecule has 2 aromatic rings. The molecule has 2 heterocycles. The normalized spacial score (nSPS) is 21.7. The molecule has 2 atom stereocenters. The first kappa shape index (κ1) is 14.7. The molecule has 0 bridgehead atoms. The summed E-state index contributed by atoms with van der Waals surface area (Å²) in [6.07, 6.45) is 5.79. The highest BCUT2D eigenvalue weighted by Gasteiger charge is 2.24. The van der Waals surface area contributed by atoms with E-state index >= 15 is 0 Å². The number of nitrogen functional groups attached to an aromatic ring is 1. The van der Waals surface area contributed by atoms with Crippen molar-refractivity contribution >= 4 is 27.4 Å². The molecule has 0 fully saturated rings. The molecule has 0 aromatic carbocycles. The van der Waals surface area contributed by atoms with Crippen molar-refractivity contribution in [3.8, 4) is 0 Å². The lowest BCUT2D eigenvalue weighted by Crippen LogP contribution is -2.20. The highest BCUT2D eigenvalue weighted by molar-refractivity contribution is 7.84. The molecule has 11 heteroatoms. The van der Waals surface area contributed by atoms with Gasteiger partial charge in [-0.2, -0.15) is 13.4 Å². The van der Waals surface area contributed by atoms with E-state index in [1.807, 2.05) is 12.2 Å². The topological polar surface area (TPSA) is 159 Å². The van der Waals surface area contributed by atoms with Gasteiger partial charge in [-0.1, -0.05) is 12.2 Å². The van der Waals surface area contributed by atoms with Crippen LogP contribution in [0.1, 0.15) is 12.5 Å². The van der Waals surface area contributed by atoms with E-state index < -0.39 is 15.9 Å². The summed E-state index contributed by atoms with van der Waals surface area (Å²) >= 11 is 0. The zero-order valence-electron chi connectivity index (χ0n) is 11.3. The van der Waals surface area contributed by atoms with E-state index in [-0.39, 0.29) is 30.0 Å². The molecular weight excluding hydrogens is 312 g/mol. The Balaban J connectivity index is 1.82. The third-order valence-electron chi connectivity index (χ3n) is 3.40. The number of H-pyrrole nitrogens is 1. The third-order valence-corrected chi connectivity index (χ3v) is 3.87. The zero-order chi connectivity index (χ0) is 15.9. The van der Waals surface area contributed by atoms with Crippen molar-refractivity contribution in [3.05, 3.63) is 28.8 Å². The van der Waals surface area contributed by atoms with Crippen molar-refractivity contribution in [3.63, 3.8) is 0 Å². The molecule has 0 radical (unpaired) electrons. The van der Waals surface area contributed by atoms with Crippen molar-refractivity contribution in [2.45, 2.75) is 12.5 Å². The Bertz CT molecular complexity index is 899. The summed E-state index contributed by atoms with van der Waals surface area (Å²) in [5.74, 6) is -0.101. The first-order valence-corrected chi connectivity index (χ1v) is 7.88. The van der Waals surface area contributed by atoms with Gasteiger partial charge in [-0.15, -0.1) is 0 Å². The Morgan fingerprint density at radius 2 is 2.23 bits per heavy atom. The Morgan fingerprint density at radius 1 is 1.45 bits per heavy atom. The molecule has 0 saturated carbocycles. The van der Waals surface area contributed by atoms with E-state index in [1.165, 1.54) is 6.33 Å². The van der Waals surface area contributed by atoms with Crippen LogP contribution in [0.25, 0.3) is 11.2 Å². The second-order valence-corrected chi connectivity index (χ2v) is 6.22. The lowest BCUT2D eigenvalue weighted by Gasteiger charge is -2.13. The third kappa shape index (κ3) is 2.86. The number of nitrogens with two attached hydrogens (primary N) is 2. The SMILES string of the molecule is Nc1nc2c(ncn2[C@H]2C=C[C@@H](COS(N)(=O)=O)C2)c(=O)[nH]1. The number of hydrogen-bond donors (Lipinski definition) is 3. The van der Waals surface area contributed by atoms with E-state index in [2.05, 4.69) is 19.1 Å². The van der Waals surface area contributed by atoms with E-state index in [0.717, 1.165) is 0 Å². The van der Waals surface area contributed by atoms with Crippen LogP contribution in [-0.2, 0) is 14.5 Å². The van der Waals surface area contributed by atoms with Gasteiger partial charge in [0.1, 0.15) is 0 Å². The lowest BCUT2D eigenvalue weighted by molar-refractivity contribution is 0.271. The van der Waals surface area contributed by atoms with Crippen LogP contribution in [0.15, 0.2) is 23.3 Å². The van der Waals surface area contributed by atoms with E-state index in [9.17, 15) is 13.2 Å². The number of fused-ring (bicyclic) bond motifs is 1. The molecule has 118 valence electrons. The minimum Gasteiger partial charge on any atom is -0.369 e. The van der Waals surface area contributed by atoms with Gasteiger partial charge in [-0.05, 0) is 6.42 Å². The maximum Gasteiger partial charge on any atom is 0.333 e. The molecule has 1 aliphatic rings. The van der Waals surface area contributed by atoms with Gasteiger partial charge in [0.25, 0.3) is 5.56 Å². The molecule has 0 amide bonds. The molecule has 0 aliphatic heterocycles. The van der Waals surface area contributed by atoms with Crippen molar-refractivity contribution in [1.82, 2.24) is 19.5 Å². The molecule has 2 aromatic heterocycles. The number of anilines is 1. The summed E-state index contributed by atoms with van der Waals surface area (Å²) in [6, 6.07) is -0.118. The van der Waals surface area contributed by atoms with Gasteiger partial charge < -0.3 is 10.3 Å². The summed E-state index contributed by atoms with van der Waals surface area (Å²) in [7, 11) is -3.96. The van der Waals surface area contributed by atoms with Crippen LogP contribution in [0.2, 0.25) is 0 Å². The fourth-order valence-electron chi connectivity index (χ4n) is 2.45. The molecule has 10 nitrogen and oxygen atoms in total. The van der Waals surface area contributed by atoms with Gasteiger partial charge in [0, 0.05) is 5.92 Å². The second kappa shape index (κ2) is 5.19. The lowest BCUT2D eigenvalue weighted by atomic mass is 10.1. The molecule has 0 unspecified atom stereocenters. The van der Waals surface area contributed by atoms with Crippen LogP contribution >= 0.6 is 0 Å². The van der Waals surface area contributed by atoms with Gasteiger partial charge in [-0.3, -0.25) is 14.0 Å². The molecule has 3 rings (SSSR count). The molecule has 1 aliphatic carbocycles. The number of nitrogens with one attached hydrogen (secondary N) is 1. The number of imidazole rings is 1. The fraction of sp³-hybridized carbons (Fsp3) is 0.364. The van der Waals surface area contributed by atoms with Crippen LogP contribution in [-0.4, -0.2) is 34.5 Å². The van der Waals surface area contributed by atoms with Crippen molar-refractivity contribution in [2.24, 2.45) is 11.1 Å². The highest BCUT2D eigenvalue weighted by atomic mass is 32.2. The number of aromatic nitrogens is 4. The summed E-state index contributed by atoms with van der Waals surface area (Å²) < 4.78 is 27.9. The monoisotopic (exact) mass is 326 g/mol.